The van der Waals surface area contributed by atoms with Gasteiger partial charge in [-0.2, -0.15) is 0 Å². The van der Waals surface area contributed by atoms with Gasteiger partial charge in [-0.15, -0.1) is 0 Å². The summed E-state index contributed by atoms with van der Waals surface area (Å²) in [7, 11) is 2.22. The molecular formula is C12H16N+. The molecule has 0 N–H and O–H groups in total. The zero-order chi connectivity index (χ0) is 9.00. The Morgan fingerprint density at radius 2 is 2.00 bits per heavy atom. The minimum absolute atomic E-state index is 0.880. The van der Waals surface area contributed by atoms with Crippen molar-refractivity contribution < 1.29 is 4.57 Å². The van der Waals surface area contributed by atoms with Gasteiger partial charge in [-0.25, -0.2) is 4.57 Å². The monoisotopic (exact) mass is 174 g/mol. The molecule has 2 aliphatic carbocycles. The fourth-order valence-corrected chi connectivity index (χ4v) is 3.16. The summed E-state index contributed by atoms with van der Waals surface area (Å²) in [4.78, 5) is 0. The van der Waals surface area contributed by atoms with Crippen LogP contribution in [0.15, 0.2) is 12.1 Å². The molecule has 3 rings (SSSR count). The number of rotatable bonds is 0. The van der Waals surface area contributed by atoms with Crippen molar-refractivity contribution in [2.75, 3.05) is 0 Å². The predicted molar refractivity (Wildman–Crippen MR) is 51.7 cm³/mol. The summed E-state index contributed by atoms with van der Waals surface area (Å²) < 4.78 is 2.40. The summed E-state index contributed by atoms with van der Waals surface area (Å²) in [5.74, 6) is 1.77. The summed E-state index contributed by atoms with van der Waals surface area (Å²) in [5.41, 5.74) is 4.67. The van der Waals surface area contributed by atoms with Crippen LogP contribution in [-0.2, 0) is 7.05 Å². The standard InChI is InChI=1S/C12H16N/c1-8-3-6-11-9-4-5-10(7-9)12(11)13(8)2/h3,6,9-10H,4-5,7H2,1-2H3/q+1. The maximum atomic E-state index is 2.40. The molecule has 1 aromatic heterocycles. The molecule has 0 amide bonds. The first kappa shape index (κ1) is 7.54. The molecule has 0 saturated heterocycles. The normalized spacial score (nSPS) is 29.4. The number of nitrogens with zero attached hydrogens (tertiary/aromatic N) is 1. The second-order valence-corrected chi connectivity index (χ2v) is 4.58. The first-order valence-electron chi connectivity index (χ1n) is 5.27. The van der Waals surface area contributed by atoms with E-state index >= 15 is 0 Å². The van der Waals surface area contributed by atoms with Gasteiger partial charge < -0.3 is 0 Å². The average molecular weight is 174 g/mol. The number of hydrogen-bond acceptors (Lipinski definition) is 0. The van der Waals surface area contributed by atoms with Gasteiger partial charge in [0, 0.05) is 24.5 Å². The van der Waals surface area contributed by atoms with E-state index in [1.807, 2.05) is 0 Å². The molecule has 0 aromatic carbocycles. The average Bonchev–Trinajstić information content (AvgIpc) is 2.70. The maximum Gasteiger partial charge on any atom is 0.187 e. The molecule has 0 spiro atoms. The number of aromatic nitrogens is 1. The molecule has 1 saturated carbocycles. The molecule has 1 aromatic rings. The molecular weight excluding hydrogens is 158 g/mol. The molecule has 0 aliphatic heterocycles. The Hall–Kier alpha value is -0.850. The van der Waals surface area contributed by atoms with Crippen molar-refractivity contribution in [1.82, 2.24) is 0 Å². The fraction of sp³-hybridized carbons (Fsp3) is 0.583. The van der Waals surface area contributed by atoms with Gasteiger partial charge >= 0.3 is 0 Å². The van der Waals surface area contributed by atoms with Crippen LogP contribution in [0.2, 0.25) is 0 Å². The van der Waals surface area contributed by atoms with Crippen LogP contribution < -0.4 is 4.57 Å². The summed E-state index contributed by atoms with van der Waals surface area (Å²) in [6.45, 7) is 2.20. The van der Waals surface area contributed by atoms with E-state index in [2.05, 4.69) is 30.7 Å². The van der Waals surface area contributed by atoms with Crippen LogP contribution in [0.1, 0.15) is 48.0 Å². The van der Waals surface area contributed by atoms with Crippen molar-refractivity contribution in [2.24, 2.45) is 7.05 Å². The Balaban J connectivity index is 2.26. The quantitative estimate of drug-likeness (QED) is 0.531. The summed E-state index contributed by atoms with van der Waals surface area (Å²) in [5, 5.41) is 0. The van der Waals surface area contributed by atoms with Crippen LogP contribution >= 0.6 is 0 Å². The Morgan fingerprint density at radius 1 is 1.23 bits per heavy atom. The zero-order valence-electron chi connectivity index (χ0n) is 8.38. The van der Waals surface area contributed by atoms with Crippen molar-refractivity contribution >= 4 is 0 Å². The maximum absolute atomic E-state index is 2.40. The summed E-state index contributed by atoms with van der Waals surface area (Å²) in [6.07, 6.45) is 4.28. The third kappa shape index (κ3) is 0.849. The first-order valence-corrected chi connectivity index (χ1v) is 5.27. The van der Waals surface area contributed by atoms with Crippen molar-refractivity contribution in [3.05, 3.63) is 29.1 Å². The van der Waals surface area contributed by atoms with Gasteiger partial charge in [0.1, 0.15) is 7.05 Å². The molecule has 13 heavy (non-hydrogen) atoms. The molecule has 2 atom stereocenters. The minimum atomic E-state index is 0.880. The smallest absolute Gasteiger partial charge is 0.187 e. The van der Waals surface area contributed by atoms with Gasteiger partial charge in [0.25, 0.3) is 0 Å². The Bertz CT molecular complexity index is 368. The number of fused-ring (bicyclic) bond motifs is 5. The van der Waals surface area contributed by atoms with E-state index in [9.17, 15) is 0 Å². The molecule has 1 heterocycles. The second kappa shape index (κ2) is 2.34. The van der Waals surface area contributed by atoms with Crippen molar-refractivity contribution in [3.63, 3.8) is 0 Å². The zero-order valence-corrected chi connectivity index (χ0v) is 8.38. The SMILES string of the molecule is Cc1ccc2c([n+]1C)C1CCC2C1. The van der Waals surface area contributed by atoms with Gasteiger partial charge in [-0.05, 0) is 31.2 Å². The lowest BCUT2D eigenvalue weighted by atomic mass is 9.95. The molecule has 1 heteroatoms. The topological polar surface area (TPSA) is 3.88 Å². The van der Waals surface area contributed by atoms with Gasteiger partial charge in [0.15, 0.2) is 11.4 Å². The van der Waals surface area contributed by atoms with Crippen LogP contribution in [-0.4, -0.2) is 0 Å². The lowest BCUT2D eigenvalue weighted by Gasteiger charge is -2.12. The fourth-order valence-electron chi connectivity index (χ4n) is 3.16. The molecule has 1 fully saturated rings. The number of pyridine rings is 1. The lowest BCUT2D eigenvalue weighted by molar-refractivity contribution is -0.686. The van der Waals surface area contributed by atoms with Gasteiger partial charge in [0.2, 0.25) is 0 Å². The van der Waals surface area contributed by atoms with Crippen LogP contribution in [0.3, 0.4) is 0 Å². The highest BCUT2D eigenvalue weighted by Crippen LogP contribution is 2.51. The molecule has 1 nitrogen and oxygen atoms in total. The Labute approximate surface area is 79.4 Å². The molecule has 2 aliphatic rings. The Morgan fingerprint density at radius 3 is 2.85 bits per heavy atom. The summed E-state index contributed by atoms with van der Waals surface area (Å²) >= 11 is 0. The van der Waals surface area contributed by atoms with Crippen LogP contribution in [0, 0.1) is 6.92 Å². The van der Waals surface area contributed by atoms with Gasteiger partial charge in [-0.1, -0.05) is 0 Å². The van der Waals surface area contributed by atoms with E-state index in [-0.39, 0.29) is 0 Å². The predicted octanol–water partition coefficient (Wildman–Crippen LogP) is 2.18. The van der Waals surface area contributed by atoms with E-state index < -0.39 is 0 Å². The molecule has 0 radical (unpaired) electrons. The van der Waals surface area contributed by atoms with Crippen LogP contribution in [0.5, 0.6) is 0 Å². The molecule has 68 valence electrons. The minimum Gasteiger partial charge on any atom is -0.202 e. The van der Waals surface area contributed by atoms with E-state index in [1.165, 1.54) is 25.0 Å². The summed E-state index contributed by atoms with van der Waals surface area (Å²) in [6, 6.07) is 4.62. The third-order valence-corrected chi connectivity index (χ3v) is 3.95. The number of hydrogen-bond donors (Lipinski definition) is 0. The Kier molecular flexibility index (Phi) is 1.36. The van der Waals surface area contributed by atoms with Crippen LogP contribution in [0.25, 0.3) is 0 Å². The number of aryl methyl sites for hydroxylation is 1. The highest BCUT2D eigenvalue weighted by atomic mass is 15.0. The lowest BCUT2D eigenvalue weighted by Crippen LogP contribution is -2.38. The molecule has 2 bridgehead atoms. The van der Waals surface area contributed by atoms with Crippen molar-refractivity contribution in [1.29, 1.82) is 0 Å². The van der Waals surface area contributed by atoms with Crippen molar-refractivity contribution in [2.45, 2.75) is 38.0 Å². The van der Waals surface area contributed by atoms with Gasteiger partial charge in [-0.3, -0.25) is 0 Å². The van der Waals surface area contributed by atoms with E-state index in [1.54, 1.807) is 11.3 Å². The van der Waals surface area contributed by atoms with Gasteiger partial charge in [0.05, 0.1) is 0 Å². The highest BCUT2D eigenvalue weighted by molar-refractivity contribution is 5.33. The largest absolute Gasteiger partial charge is 0.202 e. The van der Waals surface area contributed by atoms with E-state index in [0.29, 0.717) is 0 Å². The third-order valence-electron chi connectivity index (χ3n) is 3.95. The van der Waals surface area contributed by atoms with E-state index in [4.69, 9.17) is 0 Å². The molecule has 2 unspecified atom stereocenters. The van der Waals surface area contributed by atoms with Crippen molar-refractivity contribution in [3.8, 4) is 0 Å². The second-order valence-electron chi connectivity index (χ2n) is 4.58. The first-order chi connectivity index (χ1) is 6.27. The van der Waals surface area contributed by atoms with E-state index in [0.717, 1.165) is 11.8 Å². The highest BCUT2D eigenvalue weighted by Gasteiger charge is 2.42. The van der Waals surface area contributed by atoms with Crippen LogP contribution in [0.4, 0.5) is 0 Å².